The molecule has 0 unspecified atom stereocenters. The molecule has 1 fully saturated rings. The molecule has 1 saturated carbocycles. The Morgan fingerprint density at radius 3 is 2.57 bits per heavy atom. The molecule has 114 valence electrons. The molecule has 2 rings (SSSR count). The number of hydrogen-bond donors (Lipinski definition) is 2. The number of nitrogens with zero attached hydrogens (tertiary/aromatic N) is 2. The fourth-order valence-corrected chi connectivity index (χ4v) is 2.97. The number of rotatable bonds is 4. The molecule has 1 atom stereocenters. The minimum Gasteiger partial charge on any atom is -0.335 e. The first-order valence-electron chi connectivity index (χ1n) is 7.20. The number of urea groups is 1. The Bertz CT molecular complexity index is 477. The molecule has 1 heterocycles. The van der Waals surface area contributed by atoms with E-state index in [9.17, 15) is 9.59 Å². The number of carbonyl (C=O) groups is 2. The van der Waals surface area contributed by atoms with Crippen LogP contribution in [-0.2, 0) is 4.79 Å². The van der Waals surface area contributed by atoms with Crippen LogP contribution in [0, 0.1) is 0 Å². The van der Waals surface area contributed by atoms with Crippen LogP contribution in [-0.4, -0.2) is 33.2 Å². The second-order valence-corrected chi connectivity index (χ2v) is 6.40. The summed E-state index contributed by atoms with van der Waals surface area (Å²) in [5.41, 5.74) is 0. The Hall–Kier alpha value is -1.63. The third-order valence-corrected chi connectivity index (χ3v) is 4.36. The van der Waals surface area contributed by atoms with Crippen LogP contribution in [0.4, 0.5) is 4.79 Å². The van der Waals surface area contributed by atoms with Gasteiger partial charge >= 0.3 is 6.03 Å². The van der Waals surface area contributed by atoms with Crippen molar-refractivity contribution >= 4 is 23.7 Å². The monoisotopic (exact) mass is 308 g/mol. The SMILES string of the molecule is C[C@@H](Sc1ncccn1)C(=O)NC(=O)NC1CCCCC1. The van der Waals surface area contributed by atoms with Gasteiger partial charge in [-0.25, -0.2) is 14.8 Å². The normalized spacial score (nSPS) is 17.0. The number of thioether (sulfide) groups is 1. The van der Waals surface area contributed by atoms with Gasteiger partial charge in [0.2, 0.25) is 5.91 Å². The molecule has 6 nitrogen and oxygen atoms in total. The summed E-state index contributed by atoms with van der Waals surface area (Å²) in [5.74, 6) is -0.333. The van der Waals surface area contributed by atoms with Gasteiger partial charge in [-0.2, -0.15) is 0 Å². The summed E-state index contributed by atoms with van der Waals surface area (Å²) in [4.78, 5) is 31.8. The van der Waals surface area contributed by atoms with Gasteiger partial charge in [0.05, 0.1) is 5.25 Å². The van der Waals surface area contributed by atoms with Gasteiger partial charge in [0.25, 0.3) is 0 Å². The summed E-state index contributed by atoms with van der Waals surface area (Å²) in [6.45, 7) is 1.73. The largest absolute Gasteiger partial charge is 0.335 e. The van der Waals surface area contributed by atoms with E-state index < -0.39 is 11.3 Å². The Labute approximate surface area is 128 Å². The van der Waals surface area contributed by atoms with Crippen LogP contribution in [0.1, 0.15) is 39.0 Å². The highest BCUT2D eigenvalue weighted by molar-refractivity contribution is 8.00. The van der Waals surface area contributed by atoms with Crippen LogP contribution in [0.5, 0.6) is 0 Å². The average molecular weight is 308 g/mol. The van der Waals surface area contributed by atoms with Crippen molar-refractivity contribution in [3.05, 3.63) is 18.5 Å². The lowest BCUT2D eigenvalue weighted by molar-refractivity contribution is -0.119. The van der Waals surface area contributed by atoms with E-state index in [2.05, 4.69) is 20.6 Å². The summed E-state index contributed by atoms with van der Waals surface area (Å²) < 4.78 is 0. The van der Waals surface area contributed by atoms with Gasteiger partial charge in [0.1, 0.15) is 0 Å². The number of aromatic nitrogens is 2. The maximum atomic E-state index is 12.0. The molecule has 0 radical (unpaired) electrons. The smallest absolute Gasteiger partial charge is 0.321 e. The maximum Gasteiger partial charge on any atom is 0.321 e. The minimum absolute atomic E-state index is 0.187. The van der Waals surface area contributed by atoms with Crippen molar-refractivity contribution in [2.45, 2.75) is 55.5 Å². The molecule has 1 aromatic rings. The molecule has 0 aromatic carbocycles. The molecule has 0 saturated heterocycles. The zero-order chi connectivity index (χ0) is 15.1. The summed E-state index contributed by atoms with van der Waals surface area (Å²) in [6.07, 6.45) is 8.72. The number of hydrogen-bond acceptors (Lipinski definition) is 5. The lowest BCUT2D eigenvalue weighted by atomic mass is 9.96. The Morgan fingerprint density at radius 2 is 1.90 bits per heavy atom. The molecule has 1 aromatic heterocycles. The fraction of sp³-hybridized carbons (Fsp3) is 0.571. The van der Waals surface area contributed by atoms with Gasteiger partial charge in [0.15, 0.2) is 5.16 Å². The summed E-state index contributed by atoms with van der Waals surface area (Å²) in [6, 6.07) is 1.49. The molecule has 7 heteroatoms. The van der Waals surface area contributed by atoms with Crippen molar-refractivity contribution in [1.82, 2.24) is 20.6 Å². The van der Waals surface area contributed by atoms with E-state index in [4.69, 9.17) is 0 Å². The van der Waals surface area contributed by atoms with Crippen molar-refractivity contribution in [1.29, 1.82) is 0 Å². The summed E-state index contributed by atoms with van der Waals surface area (Å²) in [5, 5.41) is 5.33. The first-order valence-corrected chi connectivity index (χ1v) is 8.08. The highest BCUT2D eigenvalue weighted by Gasteiger charge is 2.20. The molecule has 0 bridgehead atoms. The third kappa shape index (κ3) is 5.34. The molecular weight excluding hydrogens is 288 g/mol. The van der Waals surface area contributed by atoms with Crippen LogP contribution in [0.2, 0.25) is 0 Å². The van der Waals surface area contributed by atoms with Gasteiger partial charge in [-0.1, -0.05) is 31.0 Å². The number of imide groups is 1. The first-order chi connectivity index (χ1) is 10.1. The van der Waals surface area contributed by atoms with Gasteiger partial charge in [0, 0.05) is 18.4 Å². The zero-order valence-electron chi connectivity index (χ0n) is 12.0. The third-order valence-electron chi connectivity index (χ3n) is 3.37. The lowest BCUT2D eigenvalue weighted by Crippen LogP contribution is -2.47. The molecule has 0 spiro atoms. The van der Waals surface area contributed by atoms with Crippen LogP contribution in [0.3, 0.4) is 0 Å². The standard InChI is InChI=1S/C14H20N4O2S/c1-10(21-14-15-8-5-9-16-14)12(19)18-13(20)17-11-6-3-2-4-7-11/h5,8-11H,2-4,6-7H2,1H3,(H2,17,18,19,20)/t10-/m1/s1. The number of carbonyl (C=O) groups excluding carboxylic acids is 2. The fourth-order valence-electron chi connectivity index (χ4n) is 2.24. The highest BCUT2D eigenvalue weighted by atomic mass is 32.2. The Morgan fingerprint density at radius 1 is 1.24 bits per heavy atom. The van der Waals surface area contributed by atoms with E-state index in [1.165, 1.54) is 18.2 Å². The van der Waals surface area contributed by atoms with E-state index in [0.717, 1.165) is 25.7 Å². The molecule has 3 amide bonds. The predicted molar refractivity (Wildman–Crippen MR) is 80.9 cm³/mol. The van der Waals surface area contributed by atoms with Crippen molar-refractivity contribution in [3.63, 3.8) is 0 Å². The quantitative estimate of drug-likeness (QED) is 0.657. The molecular formula is C14H20N4O2S. The molecule has 1 aliphatic carbocycles. The summed E-state index contributed by atoms with van der Waals surface area (Å²) in [7, 11) is 0. The number of amides is 3. The summed E-state index contributed by atoms with van der Waals surface area (Å²) >= 11 is 1.23. The second-order valence-electron chi connectivity index (χ2n) is 5.09. The molecule has 0 aliphatic heterocycles. The zero-order valence-corrected chi connectivity index (χ0v) is 12.9. The highest BCUT2D eigenvalue weighted by Crippen LogP contribution is 2.19. The van der Waals surface area contributed by atoms with Gasteiger partial charge in [-0.05, 0) is 25.8 Å². The van der Waals surface area contributed by atoms with Crippen molar-refractivity contribution < 1.29 is 9.59 Å². The van der Waals surface area contributed by atoms with Crippen LogP contribution in [0.25, 0.3) is 0 Å². The molecule has 1 aliphatic rings. The van der Waals surface area contributed by atoms with Gasteiger partial charge in [-0.15, -0.1) is 0 Å². The second kappa shape index (κ2) is 7.97. The van der Waals surface area contributed by atoms with E-state index in [1.54, 1.807) is 25.4 Å². The average Bonchev–Trinajstić information content (AvgIpc) is 2.49. The van der Waals surface area contributed by atoms with Crippen LogP contribution in [0.15, 0.2) is 23.6 Å². The van der Waals surface area contributed by atoms with E-state index in [0.29, 0.717) is 5.16 Å². The first kappa shape index (κ1) is 15.8. The van der Waals surface area contributed by atoms with Crippen molar-refractivity contribution in [3.8, 4) is 0 Å². The molecule has 2 N–H and O–H groups in total. The minimum atomic E-state index is -0.426. The van der Waals surface area contributed by atoms with Crippen LogP contribution < -0.4 is 10.6 Å². The van der Waals surface area contributed by atoms with Crippen LogP contribution >= 0.6 is 11.8 Å². The van der Waals surface area contributed by atoms with Gasteiger partial charge < -0.3 is 5.32 Å². The predicted octanol–water partition coefficient (Wildman–Crippen LogP) is 2.12. The lowest BCUT2D eigenvalue weighted by Gasteiger charge is -2.22. The molecule has 21 heavy (non-hydrogen) atoms. The van der Waals surface area contributed by atoms with E-state index in [-0.39, 0.29) is 11.9 Å². The maximum absolute atomic E-state index is 12.0. The van der Waals surface area contributed by atoms with Gasteiger partial charge in [-0.3, -0.25) is 10.1 Å². The van der Waals surface area contributed by atoms with E-state index >= 15 is 0 Å². The van der Waals surface area contributed by atoms with E-state index in [1.807, 2.05) is 0 Å². The Kier molecular flexibility index (Phi) is 5.98. The number of nitrogens with one attached hydrogen (secondary N) is 2. The topological polar surface area (TPSA) is 84.0 Å². The Balaban J connectivity index is 1.76. The van der Waals surface area contributed by atoms with Crippen molar-refractivity contribution in [2.24, 2.45) is 0 Å². The van der Waals surface area contributed by atoms with Crippen molar-refractivity contribution in [2.75, 3.05) is 0 Å².